The van der Waals surface area contributed by atoms with E-state index in [-0.39, 0.29) is 0 Å². The largest absolute Gasteiger partial charge is 0.496 e. The third-order valence-electron chi connectivity index (χ3n) is 2.49. The lowest BCUT2D eigenvalue weighted by atomic mass is 10.1. The van der Waals surface area contributed by atoms with Gasteiger partial charge in [-0.25, -0.2) is 4.68 Å². The van der Waals surface area contributed by atoms with Crippen molar-refractivity contribution in [3.63, 3.8) is 0 Å². The van der Waals surface area contributed by atoms with Crippen molar-refractivity contribution in [2.24, 2.45) is 0 Å². The number of methoxy groups -OCH3 is 1. The Hall–Kier alpha value is -1.55. The van der Waals surface area contributed by atoms with Gasteiger partial charge in [-0.1, -0.05) is 22.9 Å². The lowest BCUT2D eigenvalue weighted by Gasteiger charge is -2.08. The van der Waals surface area contributed by atoms with E-state index in [0.29, 0.717) is 12.4 Å². The zero-order chi connectivity index (χ0) is 12.3. The SMILES string of the molecule is COc1ccc(C)cc1Cn1cc(CCl)nn1. The van der Waals surface area contributed by atoms with Gasteiger partial charge in [-0.15, -0.1) is 16.7 Å². The summed E-state index contributed by atoms with van der Waals surface area (Å²) in [5.41, 5.74) is 3.05. The number of ether oxygens (including phenoxy) is 1. The molecule has 0 saturated heterocycles. The van der Waals surface area contributed by atoms with Crippen LogP contribution in [0.15, 0.2) is 24.4 Å². The fourth-order valence-corrected chi connectivity index (χ4v) is 1.80. The van der Waals surface area contributed by atoms with Gasteiger partial charge in [0.25, 0.3) is 0 Å². The Morgan fingerprint density at radius 3 is 2.88 bits per heavy atom. The van der Waals surface area contributed by atoms with Crippen molar-refractivity contribution < 1.29 is 4.74 Å². The summed E-state index contributed by atoms with van der Waals surface area (Å²) >= 11 is 5.69. The molecule has 2 aromatic rings. The van der Waals surface area contributed by atoms with Gasteiger partial charge in [-0.3, -0.25) is 0 Å². The smallest absolute Gasteiger partial charge is 0.123 e. The van der Waals surface area contributed by atoms with E-state index in [9.17, 15) is 0 Å². The monoisotopic (exact) mass is 251 g/mol. The van der Waals surface area contributed by atoms with E-state index in [4.69, 9.17) is 16.3 Å². The molecule has 0 atom stereocenters. The van der Waals surface area contributed by atoms with Crippen molar-refractivity contribution in [2.75, 3.05) is 7.11 Å². The maximum atomic E-state index is 5.69. The molecule has 0 aliphatic rings. The van der Waals surface area contributed by atoms with E-state index in [1.807, 2.05) is 18.3 Å². The van der Waals surface area contributed by atoms with Gasteiger partial charge in [0, 0.05) is 5.56 Å². The number of aromatic nitrogens is 3. The summed E-state index contributed by atoms with van der Waals surface area (Å²) in [5, 5.41) is 7.96. The third kappa shape index (κ3) is 2.77. The van der Waals surface area contributed by atoms with Gasteiger partial charge in [0.2, 0.25) is 0 Å². The predicted molar refractivity (Wildman–Crippen MR) is 66.4 cm³/mol. The van der Waals surface area contributed by atoms with Crippen molar-refractivity contribution in [3.05, 3.63) is 41.2 Å². The predicted octanol–water partition coefficient (Wildman–Crippen LogP) is 2.38. The van der Waals surface area contributed by atoms with Gasteiger partial charge in [0.15, 0.2) is 0 Å². The molecule has 0 aliphatic carbocycles. The lowest BCUT2D eigenvalue weighted by Crippen LogP contribution is -2.03. The van der Waals surface area contributed by atoms with Gasteiger partial charge in [0.05, 0.1) is 31.4 Å². The molecule has 0 radical (unpaired) electrons. The minimum atomic E-state index is 0.380. The summed E-state index contributed by atoms with van der Waals surface area (Å²) in [6.07, 6.45) is 1.84. The van der Waals surface area contributed by atoms with Crippen molar-refractivity contribution in [3.8, 4) is 5.75 Å². The summed E-state index contributed by atoms with van der Waals surface area (Å²) < 4.78 is 7.08. The number of alkyl halides is 1. The Morgan fingerprint density at radius 1 is 1.41 bits per heavy atom. The van der Waals surface area contributed by atoms with Crippen LogP contribution in [0.1, 0.15) is 16.8 Å². The molecule has 0 fully saturated rings. The van der Waals surface area contributed by atoms with Crippen LogP contribution in [-0.4, -0.2) is 22.1 Å². The minimum Gasteiger partial charge on any atom is -0.496 e. The van der Waals surface area contributed by atoms with Crippen molar-refractivity contribution in [1.82, 2.24) is 15.0 Å². The van der Waals surface area contributed by atoms with Crippen LogP contribution < -0.4 is 4.74 Å². The summed E-state index contributed by atoms with van der Waals surface area (Å²) in [6, 6.07) is 6.07. The molecule has 90 valence electrons. The average Bonchev–Trinajstić information content (AvgIpc) is 2.77. The first kappa shape index (κ1) is 11.9. The van der Waals surface area contributed by atoms with Gasteiger partial charge in [-0.2, -0.15) is 0 Å². The molecular weight excluding hydrogens is 238 g/mol. The van der Waals surface area contributed by atoms with Gasteiger partial charge < -0.3 is 4.74 Å². The van der Waals surface area contributed by atoms with Crippen LogP contribution in [0, 0.1) is 6.92 Å². The summed E-state index contributed by atoms with van der Waals surface area (Å²) in [6.45, 7) is 2.68. The highest BCUT2D eigenvalue weighted by molar-refractivity contribution is 6.16. The van der Waals surface area contributed by atoms with E-state index >= 15 is 0 Å². The molecule has 2 rings (SSSR count). The summed E-state index contributed by atoms with van der Waals surface area (Å²) in [5.74, 6) is 1.24. The van der Waals surface area contributed by atoms with Crippen LogP contribution in [0.4, 0.5) is 0 Å². The Labute approximate surface area is 105 Å². The second-order valence-corrected chi connectivity index (χ2v) is 4.12. The molecule has 4 nitrogen and oxygen atoms in total. The van der Waals surface area contributed by atoms with E-state index in [1.54, 1.807) is 11.8 Å². The van der Waals surface area contributed by atoms with Crippen LogP contribution in [-0.2, 0) is 12.4 Å². The van der Waals surface area contributed by atoms with Crippen molar-refractivity contribution in [2.45, 2.75) is 19.3 Å². The molecule has 17 heavy (non-hydrogen) atoms. The van der Waals surface area contributed by atoms with Crippen molar-refractivity contribution in [1.29, 1.82) is 0 Å². The summed E-state index contributed by atoms with van der Waals surface area (Å²) in [4.78, 5) is 0. The molecule has 1 heterocycles. The lowest BCUT2D eigenvalue weighted by molar-refractivity contribution is 0.407. The highest BCUT2D eigenvalue weighted by Gasteiger charge is 2.06. The van der Waals surface area contributed by atoms with E-state index in [2.05, 4.69) is 23.3 Å². The number of hydrogen-bond acceptors (Lipinski definition) is 3. The fraction of sp³-hybridized carbons (Fsp3) is 0.333. The molecule has 0 N–H and O–H groups in total. The number of hydrogen-bond donors (Lipinski definition) is 0. The maximum absolute atomic E-state index is 5.69. The first-order valence-corrected chi connectivity index (χ1v) is 5.85. The van der Waals surface area contributed by atoms with Crippen LogP contribution in [0.3, 0.4) is 0 Å². The van der Waals surface area contributed by atoms with Crippen molar-refractivity contribution >= 4 is 11.6 Å². The Balaban J connectivity index is 2.25. The molecule has 1 aromatic carbocycles. The van der Waals surface area contributed by atoms with Crippen LogP contribution >= 0.6 is 11.6 Å². The van der Waals surface area contributed by atoms with E-state index in [0.717, 1.165) is 17.0 Å². The summed E-state index contributed by atoms with van der Waals surface area (Å²) in [7, 11) is 1.67. The molecular formula is C12H14ClN3O. The standard InChI is InChI=1S/C12H14ClN3O/c1-9-3-4-12(17-2)10(5-9)7-16-8-11(6-13)14-15-16/h3-5,8H,6-7H2,1-2H3. The molecule has 0 spiro atoms. The first-order valence-electron chi connectivity index (χ1n) is 5.31. The molecule has 0 aliphatic heterocycles. The van der Waals surface area contributed by atoms with E-state index < -0.39 is 0 Å². The molecule has 5 heteroatoms. The number of rotatable bonds is 4. The molecule has 0 unspecified atom stereocenters. The van der Waals surface area contributed by atoms with Gasteiger partial charge >= 0.3 is 0 Å². The number of nitrogens with zero attached hydrogens (tertiary/aromatic N) is 3. The Kier molecular flexibility index (Phi) is 3.64. The number of aryl methyl sites for hydroxylation is 1. The number of benzene rings is 1. The Morgan fingerprint density at radius 2 is 2.24 bits per heavy atom. The van der Waals surface area contributed by atoms with Crippen LogP contribution in [0.2, 0.25) is 0 Å². The average molecular weight is 252 g/mol. The Bertz CT molecular complexity index is 510. The maximum Gasteiger partial charge on any atom is 0.123 e. The van der Waals surface area contributed by atoms with Crippen LogP contribution in [0.25, 0.3) is 0 Å². The highest BCUT2D eigenvalue weighted by atomic mass is 35.5. The van der Waals surface area contributed by atoms with Crippen LogP contribution in [0.5, 0.6) is 5.75 Å². The molecule has 0 bridgehead atoms. The second-order valence-electron chi connectivity index (χ2n) is 3.86. The quantitative estimate of drug-likeness (QED) is 0.784. The van der Waals surface area contributed by atoms with Gasteiger partial charge in [-0.05, 0) is 13.0 Å². The topological polar surface area (TPSA) is 39.9 Å². The molecule has 0 amide bonds. The fourth-order valence-electron chi connectivity index (χ4n) is 1.68. The minimum absolute atomic E-state index is 0.380. The molecule has 1 aromatic heterocycles. The third-order valence-corrected chi connectivity index (χ3v) is 2.77. The zero-order valence-electron chi connectivity index (χ0n) is 9.85. The molecule has 0 saturated carbocycles. The zero-order valence-corrected chi connectivity index (χ0v) is 10.6. The normalized spacial score (nSPS) is 10.5. The first-order chi connectivity index (χ1) is 8.22. The highest BCUT2D eigenvalue weighted by Crippen LogP contribution is 2.20. The van der Waals surface area contributed by atoms with E-state index in [1.165, 1.54) is 5.56 Å². The second kappa shape index (κ2) is 5.19. The van der Waals surface area contributed by atoms with Gasteiger partial charge in [0.1, 0.15) is 5.75 Å². The number of halogens is 1.